The van der Waals surface area contributed by atoms with Crippen molar-refractivity contribution in [1.29, 1.82) is 0 Å². The molecule has 0 spiro atoms. The van der Waals surface area contributed by atoms with Crippen LogP contribution < -0.4 is 0 Å². The van der Waals surface area contributed by atoms with E-state index in [-0.39, 0.29) is 72.1 Å². The maximum absolute atomic E-state index is 14.4. The molecule has 1 aliphatic carbocycles. The van der Waals surface area contributed by atoms with Gasteiger partial charge in [-0.3, -0.25) is 24.1 Å². The molecule has 1 saturated carbocycles. The number of nitrogens with zero attached hydrogens (tertiary/aromatic N) is 4. The first kappa shape index (κ1) is 45.1. The first-order valence-corrected chi connectivity index (χ1v) is 22.4. The highest BCUT2D eigenvalue weighted by Gasteiger charge is 2.48. The first-order chi connectivity index (χ1) is 27.2. The predicted octanol–water partition coefficient (Wildman–Crippen LogP) is 7.37. The number of methoxy groups -OCH3 is 2. The molecule has 11 heteroatoms. The van der Waals surface area contributed by atoms with Crippen LogP contribution in [0.4, 0.5) is 0 Å². The fourth-order valence-electron chi connectivity index (χ4n) is 10.5. The van der Waals surface area contributed by atoms with Gasteiger partial charge in [-0.25, -0.2) is 4.98 Å². The van der Waals surface area contributed by atoms with Crippen LogP contribution in [0, 0.1) is 36.5 Å². The third kappa shape index (κ3) is 10.4. The summed E-state index contributed by atoms with van der Waals surface area (Å²) in [7, 11) is 7.15. The number of ether oxygens (including phenoxy) is 2. The quantitative estimate of drug-likeness (QED) is 0.129. The summed E-state index contributed by atoms with van der Waals surface area (Å²) < 4.78 is 12.2. The zero-order chi connectivity index (χ0) is 41.6. The van der Waals surface area contributed by atoms with Crippen molar-refractivity contribution >= 4 is 34.7 Å². The summed E-state index contributed by atoms with van der Waals surface area (Å²) in [4.78, 5) is 67.3. The Morgan fingerprint density at radius 2 is 1.77 bits per heavy atom. The molecule has 1 aromatic heterocycles. The van der Waals surface area contributed by atoms with E-state index < -0.39 is 24.0 Å². The zero-order valence-electron chi connectivity index (χ0n) is 36.3. The van der Waals surface area contributed by atoms with Crippen LogP contribution in [0.1, 0.15) is 114 Å². The Balaban J connectivity index is 1.27. The van der Waals surface area contributed by atoms with Crippen LogP contribution in [0.3, 0.4) is 0 Å². The van der Waals surface area contributed by atoms with E-state index in [4.69, 9.17) is 9.47 Å². The number of rotatable bonds is 21. The van der Waals surface area contributed by atoms with Crippen molar-refractivity contribution in [3.05, 3.63) is 52.0 Å². The van der Waals surface area contributed by atoms with Gasteiger partial charge in [0, 0.05) is 76.0 Å². The smallest absolute Gasteiger partial charge is 0.226 e. The lowest BCUT2D eigenvalue weighted by molar-refractivity contribution is -0.149. The van der Waals surface area contributed by atoms with E-state index in [1.807, 2.05) is 38.1 Å². The van der Waals surface area contributed by atoms with Crippen molar-refractivity contribution in [2.45, 2.75) is 148 Å². The van der Waals surface area contributed by atoms with Gasteiger partial charge in [-0.05, 0) is 75.8 Å². The number of piperidine rings is 1. The van der Waals surface area contributed by atoms with Crippen LogP contribution in [-0.4, -0.2) is 114 Å². The Bertz CT molecular complexity index is 1650. The molecule has 2 aliphatic heterocycles. The van der Waals surface area contributed by atoms with E-state index in [9.17, 15) is 19.2 Å². The normalized spacial score (nSPS) is 24.6. The molecular weight excluding hydrogens is 737 g/mol. The molecule has 3 aliphatic rings. The summed E-state index contributed by atoms with van der Waals surface area (Å²) in [5.74, 6) is -0.363. The average molecular weight is 807 g/mol. The third-order valence-electron chi connectivity index (χ3n) is 13.9. The Morgan fingerprint density at radius 3 is 2.37 bits per heavy atom. The largest absolute Gasteiger partial charge is 0.379 e. The highest BCUT2D eigenvalue weighted by atomic mass is 32.1. The summed E-state index contributed by atoms with van der Waals surface area (Å²) in [6.07, 6.45) is 7.84. The van der Waals surface area contributed by atoms with Crippen LogP contribution in [0.5, 0.6) is 0 Å². The zero-order valence-corrected chi connectivity index (χ0v) is 37.1. The molecule has 57 heavy (non-hydrogen) atoms. The third-order valence-corrected chi connectivity index (χ3v) is 14.9. The molecule has 10 nitrogen and oxygen atoms in total. The van der Waals surface area contributed by atoms with Crippen LogP contribution in [0.2, 0.25) is 0 Å². The molecule has 11 unspecified atom stereocenters. The molecule has 316 valence electrons. The molecule has 3 heterocycles. The van der Waals surface area contributed by atoms with Gasteiger partial charge in [-0.1, -0.05) is 70.9 Å². The Hall–Kier alpha value is -2.99. The summed E-state index contributed by atoms with van der Waals surface area (Å²) >= 11 is 1.58. The molecule has 1 aromatic carbocycles. The van der Waals surface area contributed by atoms with Gasteiger partial charge in [0.2, 0.25) is 11.8 Å². The number of ketones is 2. The van der Waals surface area contributed by atoms with Crippen molar-refractivity contribution in [2.24, 2.45) is 29.6 Å². The number of hydrogen-bond acceptors (Lipinski definition) is 9. The van der Waals surface area contributed by atoms with Crippen molar-refractivity contribution in [3.63, 3.8) is 0 Å². The van der Waals surface area contributed by atoms with Crippen LogP contribution in [-0.2, 0) is 35.1 Å². The second kappa shape index (κ2) is 20.3. The van der Waals surface area contributed by atoms with Gasteiger partial charge in [0.05, 0.1) is 41.8 Å². The van der Waals surface area contributed by atoms with Gasteiger partial charge >= 0.3 is 0 Å². The number of likely N-dealkylation sites (N-methyl/N-ethyl adjacent to an activating group) is 2. The van der Waals surface area contributed by atoms with Gasteiger partial charge in [0.15, 0.2) is 5.78 Å². The number of thiazole rings is 1. The first-order valence-electron chi connectivity index (χ1n) is 21.5. The number of carbonyl (C=O) groups is 4. The molecule has 0 N–H and O–H groups in total. The lowest BCUT2D eigenvalue weighted by atomic mass is 9.83. The average Bonchev–Trinajstić information content (AvgIpc) is 4.02. The number of Topliss-reactive ketones (excluding diaryl/α,β-unsaturated/α-hetero) is 2. The predicted molar refractivity (Wildman–Crippen MR) is 226 cm³/mol. The van der Waals surface area contributed by atoms with Crippen molar-refractivity contribution in [2.75, 3.05) is 34.9 Å². The highest BCUT2D eigenvalue weighted by Crippen LogP contribution is 2.43. The standard InChI is InChI=1S/C46H70N4O6S/c1-11-30(5)42(49(8)46(54)36(28(2)3)26-39(52)43-33-17-18-35(24-33)48(43)7)40(55-9)27-41(53)50-20-13-16-37(50)44(56-10)31(6)38(51)25-34(45-47-19-21-57-45)23-32-15-12-14-29(4)22-32/h12,14-15,19,21-22,28,30-31,33-37,40,42-44H,11,13,16-18,20,23-27H2,1-10H3. The monoisotopic (exact) mass is 807 g/mol. The minimum absolute atomic E-state index is 0.0200. The van der Waals surface area contributed by atoms with Gasteiger partial charge in [0.25, 0.3) is 0 Å². The number of fused-ring (bicyclic) bond motifs is 2. The van der Waals surface area contributed by atoms with Gasteiger partial charge in [-0.15, -0.1) is 11.3 Å². The summed E-state index contributed by atoms with van der Waals surface area (Å²) in [5.41, 5.74) is 2.37. The minimum atomic E-state index is -0.552. The van der Waals surface area contributed by atoms with Crippen molar-refractivity contribution < 1.29 is 28.7 Å². The number of benzene rings is 1. The number of aryl methyl sites for hydroxylation is 1. The fourth-order valence-corrected chi connectivity index (χ4v) is 11.2. The van der Waals surface area contributed by atoms with E-state index in [1.54, 1.807) is 36.7 Å². The van der Waals surface area contributed by atoms with E-state index in [1.165, 1.54) is 11.1 Å². The van der Waals surface area contributed by atoms with Gasteiger partial charge < -0.3 is 19.3 Å². The lowest BCUT2D eigenvalue weighted by Gasteiger charge is -2.41. The van der Waals surface area contributed by atoms with E-state index >= 15 is 0 Å². The summed E-state index contributed by atoms with van der Waals surface area (Å²) in [6, 6.07) is 8.17. The molecule has 2 saturated heterocycles. The molecule has 3 fully saturated rings. The molecule has 2 bridgehead atoms. The highest BCUT2D eigenvalue weighted by molar-refractivity contribution is 7.09. The fraction of sp³-hybridized carbons (Fsp3) is 0.717. The maximum Gasteiger partial charge on any atom is 0.226 e. The van der Waals surface area contributed by atoms with Crippen molar-refractivity contribution in [1.82, 2.24) is 19.7 Å². The number of carbonyl (C=O) groups excluding carboxylic acids is 4. The van der Waals surface area contributed by atoms with Gasteiger partial charge in [0.1, 0.15) is 5.78 Å². The van der Waals surface area contributed by atoms with Crippen LogP contribution in [0.25, 0.3) is 0 Å². The maximum atomic E-state index is 14.4. The number of amides is 2. The molecule has 2 aromatic rings. The summed E-state index contributed by atoms with van der Waals surface area (Å²) in [5, 5.41) is 2.91. The Labute approximate surface area is 346 Å². The lowest BCUT2D eigenvalue weighted by Crippen LogP contribution is -2.54. The van der Waals surface area contributed by atoms with Crippen LogP contribution in [0.15, 0.2) is 35.8 Å². The number of likely N-dealkylation sites (tertiary alicyclic amines) is 2. The Kier molecular flexibility index (Phi) is 16.1. The summed E-state index contributed by atoms with van der Waals surface area (Å²) in [6.45, 7) is 12.8. The van der Waals surface area contributed by atoms with E-state index in [0.717, 1.165) is 50.0 Å². The second-order valence-electron chi connectivity index (χ2n) is 17.9. The molecule has 2 amide bonds. The number of hydrogen-bond donors (Lipinski definition) is 0. The molecule has 5 rings (SSSR count). The second-order valence-corrected chi connectivity index (χ2v) is 18.8. The Morgan fingerprint density at radius 1 is 1.02 bits per heavy atom. The molecule has 0 radical (unpaired) electrons. The van der Waals surface area contributed by atoms with E-state index in [0.29, 0.717) is 24.9 Å². The van der Waals surface area contributed by atoms with Crippen LogP contribution >= 0.6 is 11.3 Å². The molecular formula is C46H70N4O6S. The number of aromatic nitrogens is 1. The SMILES string of the molecule is CCC(C)C(C(CC(=O)N1CCCC1C(OC)C(C)C(=O)CC(Cc1cccc(C)c1)c1nccs1)OC)N(C)C(=O)C(CC(=O)C1C2CCC(C2)N1C)C(C)C. The minimum Gasteiger partial charge on any atom is -0.379 e. The molecule has 11 atom stereocenters. The topological polar surface area (TPSA) is 109 Å². The van der Waals surface area contributed by atoms with E-state index in [2.05, 4.69) is 62.0 Å². The van der Waals surface area contributed by atoms with Crippen molar-refractivity contribution in [3.8, 4) is 0 Å². The van der Waals surface area contributed by atoms with Gasteiger partial charge in [-0.2, -0.15) is 0 Å².